The zero-order valence-electron chi connectivity index (χ0n) is 13.8. The van der Waals surface area contributed by atoms with Crippen LogP contribution in [0.1, 0.15) is 32.0 Å². The molecule has 1 aromatic heterocycles. The Kier molecular flexibility index (Phi) is 4.72. The molecule has 0 aliphatic heterocycles. The number of esters is 1. The molecule has 2 aromatic carbocycles. The van der Waals surface area contributed by atoms with Gasteiger partial charge in [-0.25, -0.2) is 4.79 Å². The average Bonchev–Trinajstić information content (AvgIpc) is 2.99. The van der Waals surface area contributed by atoms with E-state index in [2.05, 4.69) is 4.98 Å². The molecule has 0 saturated heterocycles. The van der Waals surface area contributed by atoms with Gasteiger partial charge in [-0.1, -0.05) is 54.1 Å². The Morgan fingerprint density at radius 3 is 2.24 bits per heavy atom. The highest BCUT2D eigenvalue weighted by Crippen LogP contribution is 2.32. The Balaban J connectivity index is 2.28. The SMILES string of the molecule is COC(=O)c1c(C)[nH]c(-c2ccccc2)c1C(=O)c1ccccc1Cl. The van der Waals surface area contributed by atoms with E-state index in [-0.39, 0.29) is 16.9 Å². The number of carbonyl (C=O) groups is 2. The van der Waals surface area contributed by atoms with Crippen molar-refractivity contribution in [2.45, 2.75) is 6.92 Å². The van der Waals surface area contributed by atoms with Crippen molar-refractivity contribution in [1.29, 1.82) is 0 Å². The number of methoxy groups -OCH3 is 1. The second-order valence-electron chi connectivity index (χ2n) is 5.54. The third-order valence-electron chi connectivity index (χ3n) is 3.99. The van der Waals surface area contributed by atoms with E-state index in [0.717, 1.165) is 5.56 Å². The summed E-state index contributed by atoms with van der Waals surface area (Å²) in [6.07, 6.45) is 0. The summed E-state index contributed by atoms with van der Waals surface area (Å²) in [6, 6.07) is 16.1. The van der Waals surface area contributed by atoms with Crippen molar-refractivity contribution in [3.63, 3.8) is 0 Å². The van der Waals surface area contributed by atoms with Crippen molar-refractivity contribution >= 4 is 23.4 Å². The molecule has 3 aromatic rings. The molecule has 0 bridgehead atoms. The van der Waals surface area contributed by atoms with Crippen molar-refractivity contribution in [3.8, 4) is 11.3 Å². The van der Waals surface area contributed by atoms with Gasteiger partial charge in [0.2, 0.25) is 0 Å². The van der Waals surface area contributed by atoms with Crippen LogP contribution in [0.15, 0.2) is 54.6 Å². The van der Waals surface area contributed by atoms with E-state index in [1.807, 2.05) is 30.3 Å². The lowest BCUT2D eigenvalue weighted by Gasteiger charge is -2.08. The fourth-order valence-electron chi connectivity index (χ4n) is 2.81. The third-order valence-corrected chi connectivity index (χ3v) is 4.31. The van der Waals surface area contributed by atoms with E-state index in [1.54, 1.807) is 31.2 Å². The predicted molar refractivity (Wildman–Crippen MR) is 97.2 cm³/mol. The Labute approximate surface area is 150 Å². The third kappa shape index (κ3) is 3.08. The summed E-state index contributed by atoms with van der Waals surface area (Å²) in [5.74, 6) is -0.888. The number of H-pyrrole nitrogens is 1. The standard InChI is InChI=1S/C20H16ClNO3/c1-12-16(20(24)25-2)17(18(22-12)13-8-4-3-5-9-13)19(23)14-10-6-7-11-15(14)21/h3-11,22H,1-2H3. The van der Waals surface area contributed by atoms with Crippen molar-refractivity contribution in [2.75, 3.05) is 7.11 Å². The van der Waals surface area contributed by atoms with E-state index in [1.165, 1.54) is 7.11 Å². The van der Waals surface area contributed by atoms with Gasteiger partial charge < -0.3 is 9.72 Å². The van der Waals surface area contributed by atoms with Crippen LogP contribution in [-0.4, -0.2) is 23.8 Å². The van der Waals surface area contributed by atoms with Gasteiger partial charge in [-0.05, 0) is 24.6 Å². The molecule has 3 rings (SSSR count). The van der Waals surface area contributed by atoms with E-state index in [9.17, 15) is 9.59 Å². The second kappa shape index (κ2) is 6.95. The monoisotopic (exact) mass is 353 g/mol. The number of hydrogen-bond acceptors (Lipinski definition) is 3. The van der Waals surface area contributed by atoms with Gasteiger partial charge in [-0.15, -0.1) is 0 Å². The van der Waals surface area contributed by atoms with Crippen molar-refractivity contribution in [3.05, 3.63) is 82.0 Å². The van der Waals surface area contributed by atoms with Crippen molar-refractivity contribution < 1.29 is 14.3 Å². The Bertz CT molecular complexity index is 945. The lowest BCUT2D eigenvalue weighted by atomic mass is 9.96. The van der Waals surface area contributed by atoms with Gasteiger partial charge in [0.05, 0.1) is 29.0 Å². The number of ketones is 1. The number of ether oxygens (including phenoxy) is 1. The molecule has 0 aliphatic carbocycles. The van der Waals surface area contributed by atoms with Gasteiger partial charge in [0.1, 0.15) is 0 Å². The van der Waals surface area contributed by atoms with Gasteiger partial charge in [-0.2, -0.15) is 0 Å². The minimum absolute atomic E-state index is 0.228. The summed E-state index contributed by atoms with van der Waals surface area (Å²) in [5, 5.41) is 0.334. The zero-order valence-corrected chi connectivity index (χ0v) is 14.6. The first-order valence-electron chi connectivity index (χ1n) is 7.70. The number of aryl methyl sites for hydroxylation is 1. The van der Waals surface area contributed by atoms with Crippen LogP contribution >= 0.6 is 11.6 Å². The topological polar surface area (TPSA) is 59.2 Å². The fourth-order valence-corrected chi connectivity index (χ4v) is 3.03. The van der Waals surface area contributed by atoms with Crippen LogP contribution in [0.25, 0.3) is 11.3 Å². The molecule has 25 heavy (non-hydrogen) atoms. The number of aromatic nitrogens is 1. The molecule has 0 unspecified atom stereocenters. The summed E-state index contributed by atoms with van der Waals surface area (Å²) < 4.78 is 4.88. The van der Waals surface area contributed by atoms with Crippen LogP contribution in [-0.2, 0) is 4.74 Å². The molecule has 0 saturated carbocycles. The van der Waals surface area contributed by atoms with Crippen molar-refractivity contribution in [2.24, 2.45) is 0 Å². The Morgan fingerprint density at radius 2 is 1.60 bits per heavy atom. The zero-order chi connectivity index (χ0) is 18.0. The molecule has 0 amide bonds. The normalized spacial score (nSPS) is 10.5. The summed E-state index contributed by atoms with van der Waals surface area (Å²) in [7, 11) is 1.29. The van der Waals surface area contributed by atoms with E-state index >= 15 is 0 Å². The lowest BCUT2D eigenvalue weighted by Crippen LogP contribution is -2.11. The molecule has 0 spiro atoms. The highest BCUT2D eigenvalue weighted by Gasteiger charge is 2.28. The maximum Gasteiger partial charge on any atom is 0.340 e. The number of nitrogens with one attached hydrogen (secondary N) is 1. The summed E-state index contributed by atoms with van der Waals surface area (Å²) in [6.45, 7) is 1.74. The first-order chi connectivity index (χ1) is 12.0. The molecule has 0 fully saturated rings. The summed E-state index contributed by atoms with van der Waals surface area (Å²) in [5.41, 5.74) is 2.78. The largest absolute Gasteiger partial charge is 0.465 e. The second-order valence-corrected chi connectivity index (χ2v) is 5.95. The van der Waals surface area contributed by atoms with Gasteiger partial charge in [0, 0.05) is 11.3 Å². The molecular formula is C20H16ClNO3. The minimum Gasteiger partial charge on any atom is -0.465 e. The van der Waals surface area contributed by atoms with Crippen LogP contribution in [0.2, 0.25) is 5.02 Å². The molecule has 1 heterocycles. The highest BCUT2D eigenvalue weighted by atomic mass is 35.5. The maximum atomic E-state index is 13.2. The van der Waals surface area contributed by atoms with E-state index in [4.69, 9.17) is 16.3 Å². The minimum atomic E-state index is -0.564. The van der Waals surface area contributed by atoms with Crippen LogP contribution in [0, 0.1) is 6.92 Å². The fraction of sp³-hybridized carbons (Fsp3) is 0.100. The van der Waals surface area contributed by atoms with Gasteiger partial charge in [-0.3, -0.25) is 4.79 Å². The quantitative estimate of drug-likeness (QED) is 0.548. The molecule has 126 valence electrons. The number of benzene rings is 2. The molecule has 0 radical (unpaired) electrons. The summed E-state index contributed by atoms with van der Waals surface area (Å²) in [4.78, 5) is 28.6. The molecule has 5 heteroatoms. The van der Waals surface area contributed by atoms with Crippen LogP contribution < -0.4 is 0 Å². The Hall–Kier alpha value is -2.85. The van der Waals surface area contributed by atoms with Crippen LogP contribution in [0.3, 0.4) is 0 Å². The number of rotatable bonds is 4. The number of carbonyl (C=O) groups excluding carboxylic acids is 2. The number of aromatic amines is 1. The molecule has 4 nitrogen and oxygen atoms in total. The lowest BCUT2D eigenvalue weighted by molar-refractivity contribution is 0.0597. The highest BCUT2D eigenvalue weighted by molar-refractivity contribution is 6.35. The summed E-state index contributed by atoms with van der Waals surface area (Å²) >= 11 is 6.19. The van der Waals surface area contributed by atoms with Crippen LogP contribution in [0.4, 0.5) is 0 Å². The molecule has 1 N–H and O–H groups in total. The van der Waals surface area contributed by atoms with E-state index < -0.39 is 5.97 Å². The van der Waals surface area contributed by atoms with Gasteiger partial charge in [0.25, 0.3) is 0 Å². The van der Waals surface area contributed by atoms with Crippen molar-refractivity contribution in [1.82, 2.24) is 4.98 Å². The Morgan fingerprint density at radius 1 is 0.960 bits per heavy atom. The number of halogens is 1. The first-order valence-corrected chi connectivity index (χ1v) is 8.08. The average molecular weight is 354 g/mol. The molecule has 0 aliphatic rings. The van der Waals surface area contributed by atoms with Gasteiger partial charge in [0.15, 0.2) is 5.78 Å². The smallest absolute Gasteiger partial charge is 0.340 e. The van der Waals surface area contributed by atoms with Gasteiger partial charge >= 0.3 is 5.97 Å². The maximum absolute atomic E-state index is 13.2. The molecule has 0 atom stereocenters. The predicted octanol–water partition coefficient (Wildman–Crippen LogP) is 4.66. The first kappa shape index (κ1) is 17.0. The molecular weight excluding hydrogens is 338 g/mol. The van der Waals surface area contributed by atoms with E-state index in [0.29, 0.717) is 22.0 Å². The number of hydrogen-bond donors (Lipinski definition) is 1. The van der Waals surface area contributed by atoms with Crippen LogP contribution in [0.5, 0.6) is 0 Å².